The number of hydrogen-bond donors (Lipinski definition) is 3. The summed E-state index contributed by atoms with van der Waals surface area (Å²) in [7, 11) is 1.50. The number of phenolic OH excluding ortho intramolecular Hbond substituents is 1. The molecule has 4 unspecified atom stereocenters. The monoisotopic (exact) mass is 540 g/mol. The van der Waals surface area contributed by atoms with E-state index in [2.05, 4.69) is 27.8 Å². The molecule has 8 nitrogen and oxygen atoms in total. The fraction of sp³-hybridized carbons (Fsp3) is 0.500. The highest BCUT2D eigenvalue weighted by Crippen LogP contribution is 2.52. The third kappa shape index (κ3) is 4.37. The van der Waals surface area contributed by atoms with Gasteiger partial charge in [0.15, 0.2) is 17.5 Å². The molecule has 1 aromatic rings. The molecule has 2 aliphatic carbocycles. The summed E-state index contributed by atoms with van der Waals surface area (Å²) >= 11 is 0. The summed E-state index contributed by atoms with van der Waals surface area (Å²) in [6.45, 7) is 3.61. The molecule has 0 aromatic heterocycles. The molecule has 1 aromatic carbocycles. The number of hydrogen-bond acceptors (Lipinski definition) is 5. The molecular weight excluding hydrogens is 511 g/mol. The Kier molecular flexibility index (Phi) is 7.45. The van der Waals surface area contributed by atoms with Gasteiger partial charge in [-0.2, -0.15) is 0 Å². The van der Waals surface area contributed by atoms with E-state index >= 15 is 0 Å². The summed E-state index contributed by atoms with van der Waals surface area (Å²) in [4.78, 5) is 31.4. The van der Waals surface area contributed by atoms with Crippen molar-refractivity contribution in [3.05, 3.63) is 35.9 Å². The van der Waals surface area contributed by atoms with Crippen LogP contribution in [0.5, 0.6) is 11.5 Å². The van der Waals surface area contributed by atoms with Crippen LogP contribution in [-0.4, -0.2) is 54.5 Å². The number of likely N-dealkylation sites (tertiary alicyclic amines) is 1. The highest BCUT2D eigenvalue weighted by Gasteiger charge is 2.58. The lowest BCUT2D eigenvalue weighted by atomic mass is 9.85. The number of aromatic hydroxyl groups is 1. The number of allylic oxidation sites excluding steroid dienone is 2. The minimum absolute atomic E-state index is 0. The van der Waals surface area contributed by atoms with Crippen molar-refractivity contribution in [3.8, 4) is 11.5 Å². The molecule has 4 atom stereocenters. The maximum atomic E-state index is 12.8. The number of nitrogens with one attached hydrogen (secondary N) is 2. The van der Waals surface area contributed by atoms with Crippen molar-refractivity contribution < 1.29 is 19.4 Å². The number of aliphatic imine (C=N–C) groups is 1. The summed E-state index contributed by atoms with van der Waals surface area (Å²) < 4.78 is 5.13. The van der Waals surface area contributed by atoms with E-state index in [-0.39, 0.29) is 71.8 Å². The second kappa shape index (κ2) is 9.88. The zero-order valence-electron chi connectivity index (χ0n) is 17.7. The standard InChI is InChI=1S/C22H28N4O4.HI/c1-3-23-22(25-12-15-5-4-6-16(30-2)19(15)27)24-9-10-26-20(28)17-13-7-8-14(11-13)18(17)21(26)29;/h4-8,13-14,17-18,27H,3,9-12H2,1-2H3,(H2,23,24,25);1H. The maximum absolute atomic E-state index is 12.8. The molecule has 31 heavy (non-hydrogen) atoms. The third-order valence-corrected chi connectivity index (χ3v) is 6.24. The number of phenols is 1. The van der Waals surface area contributed by atoms with E-state index in [1.807, 2.05) is 6.92 Å². The van der Waals surface area contributed by atoms with Gasteiger partial charge >= 0.3 is 0 Å². The molecule has 2 fully saturated rings. The van der Waals surface area contributed by atoms with E-state index in [4.69, 9.17) is 4.74 Å². The van der Waals surface area contributed by atoms with Crippen LogP contribution in [0, 0.1) is 23.7 Å². The van der Waals surface area contributed by atoms with Gasteiger partial charge in [-0.25, -0.2) is 4.99 Å². The van der Waals surface area contributed by atoms with Crippen LogP contribution in [0.1, 0.15) is 18.9 Å². The first-order valence-corrected chi connectivity index (χ1v) is 10.5. The van der Waals surface area contributed by atoms with Crippen LogP contribution >= 0.6 is 24.0 Å². The molecule has 1 heterocycles. The van der Waals surface area contributed by atoms with Crippen LogP contribution in [0.25, 0.3) is 0 Å². The van der Waals surface area contributed by atoms with Crippen LogP contribution in [-0.2, 0) is 16.1 Å². The molecular formula is C22H29IN4O4. The van der Waals surface area contributed by atoms with Crippen molar-refractivity contribution in [1.29, 1.82) is 0 Å². The van der Waals surface area contributed by atoms with Gasteiger partial charge in [0, 0.05) is 25.2 Å². The van der Waals surface area contributed by atoms with Gasteiger partial charge in [0.25, 0.3) is 0 Å². The molecule has 2 bridgehead atoms. The van der Waals surface area contributed by atoms with Gasteiger partial charge in [-0.3, -0.25) is 14.5 Å². The number of guanidine groups is 1. The predicted molar refractivity (Wildman–Crippen MR) is 127 cm³/mol. The molecule has 0 radical (unpaired) electrons. The summed E-state index contributed by atoms with van der Waals surface area (Å²) in [5, 5.41) is 16.5. The maximum Gasteiger partial charge on any atom is 0.233 e. The highest BCUT2D eigenvalue weighted by molar-refractivity contribution is 14.0. The lowest BCUT2D eigenvalue weighted by Crippen LogP contribution is -2.43. The predicted octanol–water partition coefficient (Wildman–Crippen LogP) is 1.88. The Hall–Kier alpha value is -2.30. The number of rotatable bonds is 7. The summed E-state index contributed by atoms with van der Waals surface area (Å²) in [6.07, 6.45) is 5.14. The molecule has 3 aliphatic rings. The van der Waals surface area contributed by atoms with E-state index in [1.54, 1.807) is 18.2 Å². The lowest BCUT2D eigenvalue weighted by Gasteiger charge is -2.18. The fourth-order valence-corrected chi connectivity index (χ4v) is 4.84. The van der Waals surface area contributed by atoms with E-state index < -0.39 is 0 Å². The Balaban J connectivity index is 0.00000272. The Morgan fingerprint density at radius 2 is 1.87 bits per heavy atom. The van der Waals surface area contributed by atoms with Gasteiger partial charge < -0.3 is 20.5 Å². The van der Waals surface area contributed by atoms with Crippen molar-refractivity contribution in [1.82, 2.24) is 15.5 Å². The van der Waals surface area contributed by atoms with Crippen molar-refractivity contribution in [3.63, 3.8) is 0 Å². The molecule has 1 saturated carbocycles. The first kappa shape index (κ1) is 23.4. The van der Waals surface area contributed by atoms with Gasteiger partial charge in [0.2, 0.25) is 11.8 Å². The second-order valence-electron chi connectivity index (χ2n) is 7.92. The number of methoxy groups -OCH3 is 1. The lowest BCUT2D eigenvalue weighted by molar-refractivity contribution is -0.140. The summed E-state index contributed by atoms with van der Waals surface area (Å²) in [5.74, 6) is 1.09. The van der Waals surface area contributed by atoms with Gasteiger partial charge in [-0.15, -0.1) is 24.0 Å². The topological polar surface area (TPSA) is 103 Å². The van der Waals surface area contributed by atoms with Crippen LogP contribution in [0.4, 0.5) is 0 Å². The quantitative estimate of drug-likeness (QED) is 0.161. The number of benzene rings is 1. The van der Waals surface area contributed by atoms with Crippen molar-refractivity contribution >= 4 is 41.8 Å². The van der Waals surface area contributed by atoms with E-state index in [1.165, 1.54) is 12.0 Å². The summed E-state index contributed by atoms with van der Waals surface area (Å²) in [6, 6.07) is 5.27. The van der Waals surface area contributed by atoms with Gasteiger partial charge in [-0.05, 0) is 31.2 Å². The van der Waals surface area contributed by atoms with Gasteiger partial charge in [0.1, 0.15) is 0 Å². The van der Waals surface area contributed by atoms with E-state index in [0.29, 0.717) is 36.9 Å². The average Bonchev–Trinajstić information content (AvgIpc) is 3.42. The highest BCUT2D eigenvalue weighted by atomic mass is 127. The number of carbonyl (C=O) groups is 2. The number of carbonyl (C=O) groups excluding carboxylic acids is 2. The van der Waals surface area contributed by atoms with E-state index in [9.17, 15) is 14.7 Å². The number of amides is 2. The molecule has 0 spiro atoms. The van der Waals surface area contributed by atoms with Crippen LogP contribution in [0.2, 0.25) is 0 Å². The second-order valence-corrected chi connectivity index (χ2v) is 7.92. The number of nitrogens with zero attached hydrogens (tertiary/aromatic N) is 2. The zero-order valence-corrected chi connectivity index (χ0v) is 20.0. The molecule has 2 amide bonds. The number of para-hydroxylation sites is 1. The summed E-state index contributed by atoms with van der Waals surface area (Å²) in [5.41, 5.74) is 0.646. The van der Waals surface area contributed by atoms with Crippen LogP contribution < -0.4 is 15.4 Å². The number of ether oxygens (including phenoxy) is 1. The van der Waals surface area contributed by atoms with Crippen LogP contribution in [0.3, 0.4) is 0 Å². The first-order chi connectivity index (χ1) is 14.5. The largest absolute Gasteiger partial charge is 0.504 e. The van der Waals surface area contributed by atoms with Crippen molar-refractivity contribution in [2.45, 2.75) is 19.9 Å². The first-order valence-electron chi connectivity index (χ1n) is 10.5. The minimum Gasteiger partial charge on any atom is -0.504 e. The smallest absolute Gasteiger partial charge is 0.233 e. The van der Waals surface area contributed by atoms with Crippen molar-refractivity contribution in [2.24, 2.45) is 28.7 Å². The Morgan fingerprint density at radius 3 is 2.48 bits per heavy atom. The van der Waals surface area contributed by atoms with E-state index in [0.717, 1.165) is 6.42 Å². The van der Waals surface area contributed by atoms with Gasteiger partial charge in [0.05, 0.1) is 25.5 Å². The SMILES string of the molecule is CCNC(=NCc1cccc(OC)c1O)NCCN1C(=O)C2C3C=CC(C3)C2C1=O.I. The Bertz CT molecular complexity index is 873. The number of halogens is 1. The third-order valence-electron chi connectivity index (χ3n) is 6.24. The van der Waals surface area contributed by atoms with Gasteiger partial charge in [-0.1, -0.05) is 24.3 Å². The number of fused-ring (bicyclic) bond motifs is 5. The number of imide groups is 1. The fourth-order valence-electron chi connectivity index (χ4n) is 4.84. The molecule has 9 heteroatoms. The zero-order chi connectivity index (χ0) is 21.3. The molecule has 1 aliphatic heterocycles. The molecule has 1 saturated heterocycles. The molecule has 168 valence electrons. The molecule has 4 rings (SSSR count). The van der Waals surface area contributed by atoms with Crippen molar-refractivity contribution in [2.75, 3.05) is 26.7 Å². The van der Waals surface area contributed by atoms with Crippen LogP contribution in [0.15, 0.2) is 35.3 Å². The Morgan fingerprint density at radius 1 is 1.19 bits per heavy atom. The normalized spacial score (nSPS) is 26.1. The molecule has 3 N–H and O–H groups in total. The Labute approximate surface area is 199 Å². The average molecular weight is 540 g/mol. The minimum atomic E-state index is -0.162.